The molecule has 170 valence electrons. The SMILES string of the molecule is COc1ccc(/C=N/NC(=O)c2c(Cl)cc(Cl)cc2Cl)cc1CN1CCCc2ccccc21. The standard InChI is InChI=1S/C25H22Cl3N3O2/c1-33-23-9-8-16(14-29-30-25(32)24-20(27)12-19(26)13-21(24)28)11-18(23)15-31-10-4-6-17-5-2-3-7-22(17)31/h2-3,5,7-9,11-14H,4,6,10,15H2,1H3,(H,30,32)/b29-14+. The summed E-state index contributed by atoms with van der Waals surface area (Å²) in [5, 5.41) is 4.75. The Balaban J connectivity index is 1.51. The smallest absolute Gasteiger partial charge is 0.274 e. The molecule has 5 nitrogen and oxygen atoms in total. The number of nitrogens with zero attached hydrogens (tertiary/aromatic N) is 2. The number of ether oxygens (including phenoxy) is 1. The molecule has 1 heterocycles. The van der Waals surface area contributed by atoms with E-state index in [-0.39, 0.29) is 15.6 Å². The van der Waals surface area contributed by atoms with E-state index in [9.17, 15) is 4.79 Å². The van der Waals surface area contributed by atoms with Crippen molar-refractivity contribution in [3.05, 3.63) is 91.9 Å². The van der Waals surface area contributed by atoms with Gasteiger partial charge in [-0.15, -0.1) is 0 Å². The Hall–Kier alpha value is -2.73. The third kappa shape index (κ3) is 5.44. The largest absolute Gasteiger partial charge is 0.496 e. The Morgan fingerprint density at radius 3 is 2.64 bits per heavy atom. The topological polar surface area (TPSA) is 53.9 Å². The van der Waals surface area contributed by atoms with Crippen molar-refractivity contribution >= 4 is 52.6 Å². The quantitative estimate of drug-likeness (QED) is 0.315. The lowest BCUT2D eigenvalue weighted by Gasteiger charge is -2.31. The highest BCUT2D eigenvalue weighted by Gasteiger charge is 2.18. The van der Waals surface area contributed by atoms with Crippen LogP contribution in [-0.2, 0) is 13.0 Å². The van der Waals surface area contributed by atoms with E-state index in [0.29, 0.717) is 11.6 Å². The number of halogens is 3. The number of para-hydroxylation sites is 1. The number of carbonyl (C=O) groups excluding carboxylic acids is 1. The molecule has 0 atom stereocenters. The van der Waals surface area contributed by atoms with Crippen LogP contribution in [0.1, 0.15) is 33.5 Å². The van der Waals surface area contributed by atoms with Crippen molar-refractivity contribution in [3.8, 4) is 5.75 Å². The number of methoxy groups -OCH3 is 1. The van der Waals surface area contributed by atoms with Gasteiger partial charge in [-0.1, -0.05) is 53.0 Å². The van der Waals surface area contributed by atoms with Gasteiger partial charge in [-0.2, -0.15) is 5.10 Å². The molecule has 1 N–H and O–H groups in total. The van der Waals surface area contributed by atoms with Crippen molar-refractivity contribution in [1.29, 1.82) is 0 Å². The van der Waals surface area contributed by atoms with Gasteiger partial charge in [-0.25, -0.2) is 5.43 Å². The number of hydrazone groups is 1. The van der Waals surface area contributed by atoms with Gasteiger partial charge < -0.3 is 9.64 Å². The Morgan fingerprint density at radius 2 is 1.88 bits per heavy atom. The molecule has 0 fully saturated rings. The molecule has 0 aliphatic carbocycles. The Labute approximate surface area is 207 Å². The molecule has 0 aromatic heterocycles. The molecule has 0 saturated carbocycles. The van der Waals surface area contributed by atoms with E-state index in [1.807, 2.05) is 18.2 Å². The third-order valence-corrected chi connectivity index (χ3v) is 6.30. The van der Waals surface area contributed by atoms with Crippen molar-refractivity contribution in [1.82, 2.24) is 5.43 Å². The Bertz CT molecular complexity index is 1190. The number of hydrogen-bond acceptors (Lipinski definition) is 4. The Morgan fingerprint density at radius 1 is 1.12 bits per heavy atom. The molecular formula is C25H22Cl3N3O2. The minimum atomic E-state index is -0.517. The van der Waals surface area contributed by atoms with Gasteiger partial charge in [0.1, 0.15) is 5.75 Å². The molecule has 0 unspecified atom stereocenters. The van der Waals surface area contributed by atoms with Crippen LogP contribution in [0.3, 0.4) is 0 Å². The first-order chi connectivity index (χ1) is 16.0. The predicted octanol–water partition coefficient (Wildman–Crippen LogP) is 6.37. The number of hydrogen-bond donors (Lipinski definition) is 1. The van der Waals surface area contributed by atoms with Crippen molar-refractivity contribution in [2.75, 3.05) is 18.6 Å². The van der Waals surface area contributed by atoms with Gasteiger partial charge in [0.15, 0.2) is 0 Å². The highest BCUT2D eigenvalue weighted by atomic mass is 35.5. The van der Waals surface area contributed by atoms with Gasteiger partial charge in [0.25, 0.3) is 5.91 Å². The third-order valence-electron chi connectivity index (χ3n) is 5.49. The van der Waals surface area contributed by atoms with E-state index in [1.165, 1.54) is 23.4 Å². The minimum Gasteiger partial charge on any atom is -0.496 e. The van der Waals surface area contributed by atoms with Crippen LogP contribution in [0.2, 0.25) is 15.1 Å². The van der Waals surface area contributed by atoms with Gasteiger partial charge in [0.2, 0.25) is 0 Å². The molecule has 1 aliphatic heterocycles. The maximum Gasteiger partial charge on any atom is 0.274 e. The number of carbonyl (C=O) groups is 1. The highest BCUT2D eigenvalue weighted by Crippen LogP contribution is 2.31. The number of aryl methyl sites for hydroxylation is 1. The summed E-state index contributed by atoms with van der Waals surface area (Å²) >= 11 is 18.1. The van der Waals surface area contributed by atoms with Gasteiger partial charge in [-0.3, -0.25) is 4.79 Å². The summed E-state index contributed by atoms with van der Waals surface area (Å²) in [5.41, 5.74) is 7.07. The summed E-state index contributed by atoms with van der Waals surface area (Å²) in [6, 6.07) is 17.2. The zero-order chi connectivity index (χ0) is 23.4. The van der Waals surface area contributed by atoms with E-state index in [0.717, 1.165) is 36.3 Å². The number of benzene rings is 3. The average Bonchev–Trinajstić information content (AvgIpc) is 2.79. The maximum atomic E-state index is 12.5. The normalized spacial score (nSPS) is 13.2. The zero-order valence-electron chi connectivity index (χ0n) is 17.9. The monoisotopic (exact) mass is 501 g/mol. The molecule has 0 bridgehead atoms. The molecular weight excluding hydrogens is 481 g/mol. The molecule has 1 amide bonds. The molecule has 33 heavy (non-hydrogen) atoms. The number of amides is 1. The summed E-state index contributed by atoms with van der Waals surface area (Å²) in [7, 11) is 1.66. The molecule has 0 radical (unpaired) electrons. The second-order valence-electron chi connectivity index (χ2n) is 7.67. The Kier molecular flexibility index (Phi) is 7.43. The van der Waals surface area contributed by atoms with Crippen LogP contribution in [0.4, 0.5) is 5.69 Å². The van der Waals surface area contributed by atoms with Crippen LogP contribution >= 0.6 is 34.8 Å². The number of fused-ring (bicyclic) bond motifs is 1. The number of rotatable bonds is 6. The van der Waals surface area contributed by atoms with Crippen LogP contribution in [0, 0.1) is 0 Å². The fourth-order valence-electron chi connectivity index (χ4n) is 3.96. The van der Waals surface area contributed by atoms with Crippen LogP contribution < -0.4 is 15.1 Å². The number of anilines is 1. The zero-order valence-corrected chi connectivity index (χ0v) is 20.2. The highest BCUT2D eigenvalue weighted by molar-refractivity contribution is 6.42. The van der Waals surface area contributed by atoms with E-state index < -0.39 is 5.91 Å². The van der Waals surface area contributed by atoms with E-state index in [4.69, 9.17) is 39.5 Å². The summed E-state index contributed by atoms with van der Waals surface area (Å²) in [6.07, 6.45) is 3.78. The maximum absolute atomic E-state index is 12.5. The average molecular weight is 503 g/mol. The molecule has 3 aromatic rings. The fraction of sp³-hybridized carbons (Fsp3) is 0.200. The molecule has 1 aliphatic rings. The lowest BCUT2D eigenvalue weighted by molar-refractivity contribution is 0.0955. The molecule has 4 rings (SSSR count). The summed E-state index contributed by atoms with van der Waals surface area (Å²) in [6.45, 7) is 1.70. The first kappa shape index (κ1) is 23.4. The lowest BCUT2D eigenvalue weighted by Crippen LogP contribution is -2.29. The van der Waals surface area contributed by atoms with Gasteiger partial charge in [-0.05, 0) is 60.4 Å². The molecule has 3 aromatic carbocycles. The minimum absolute atomic E-state index is 0.124. The van der Waals surface area contributed by atoms with Crippen LogP contribution in [0.15, 0.2) is 59.7 Å². The van der Waals surface area contributed by atoms with Gasteiger partial charge in [0.05, 0.1) is 28.9 Å². The van der Waals surface area contributed by atoms with E-state index in [1.54, 1.807) is 13.3 Å². The summed E-state index contributed by atoms with van der Waals surface area (Å²) in [4.78, 5) is 14.8. The number of nitrogens with one attached hydrogen (secondary N) is 1. The van der Waals surface area contributed by atoms with Crippen LogP contribution in [0.25, 0.3) is 0 Å². The van der Waals surface area contributed by atoms with Gasteiger partial charge in [0, 0.05) is 29.4 Å². The van der Waals surface area contributed by atoms with Crippen LogP contribution in [0.5, 0.6) is 5.75 Å². The summed E-state index contributed by atoms with van der Waals surface area (Å²) in [5.74, 6) is 0.288. The van der Waals surface area contributed by atoms with E-state index >= 15 is 0 Å². The fourth-order valence-corrected chi connectivity index (χ4v) is 4.95. The molecule has 0 spiro atoms. The second-order valence-corrected chi connectivity index (χ2v) is 8.92. The predicted molar refractivity (Wildman–Crippen MR) is 135 cm³/mol. The van der Waals surface area contributed by atoms with Gasteiger partial charge >= 0.3 is 0 Å². The second kappa shape index (κ2) is 10.5. The first-order valence-corrected chi connectivity index (χ1v) is 11.6. The summed E-state index contributed by atoms with van der Waals surface area (Å²) < 4.78 is 5.59. The van der Waals surface area contributed by atoms with Crippen LogP contribution in [-0.4, -0.2) is 25.8 Å². The van der Waals surface area contributed by atoms with E-state index in [2.05, 4.69) is 39.7 Å². The van der Waals surface area contributed by atoms with Crippen molar-refractivity contribution in [2.45, 2.75) is 19.4 Å². The van der Waals surface area contributed by atoms with Crippen molar-refractivity contribution in [2.24, 2.45) is 5.10 Å². The van der Waals surface area contributed by atoms with Crippen molar-refractivity contribution < 1.29 is 9.53 Å². The van der Waals surface area contributed by atoms with Crippen molar-refractivity contribution in [3.63, 3.8) is 0 Å². The lowest BCUT2D eigenvalue weighted by atomic mass is 10.0. The molecule has 8 heteroatoms. The first-order valence-electron chi connectivity index (χ1n) is 10.4. The molecule has 0 saturated heterocycles.